The molecule has 3 aromatic rings. The predicted octanol–water partition coefficient (Wildman–Crippen LogP) is 1.80. The molecule has 0 spiro atoms. The fourth-order valence-corrected chi connectivity index (χ4v) is 4.24. The molecule has 0 radical (unpaired) electrons. The summed E-state index contributed by atoms with van der Waals surface area (Å²) in [5.41, 5.74) is 2.41. The van der Waals surface area contributed by atoms with Crippen molar-refractivity contribution in [1.82, 2.24) is 20.1 Å². The summed E-state index contributed by atoms with van der Waals surface area (Å²) in [5.74, 6) is -0.115. The zero-order valence-corrected chi connectivity index (χ0v) is 17.0. The summed E-state index contributed by atoms with van der Waals surface area (Å²) < 4.78 is 43.0. The summed E-state index contributed by atoms with van der Waals surface area (Å²) in [6, 6.07) is 7.41. The van der Waals surface area contributed by atoms with Crippen molar-refractivity contribution in [1.29, 1.82) is 0 Å². The number of anilines is 1. The topological polar surface area (TPSA) is 95.7 Å². The van der Waals surface area contributed by atoms with Gasteiger partial charge in [-0.1, -0.05) is 0 Å². The van der Waals surface area contributed by atoms with Crippen molar-refractivity contribution in [2.75, 3.05) is 44.3 Å². The monoisotopic (exact) mass is 449 g/mol. The van der Waals surface area contributed by atoms with E-state index < -0.39 is 11.8 Å². The van der Waals surface area contributed by atoms with Crippen molar-refractivity contribution >= 4 is 16.7 Å². The number of ether oxygens (including phenoxy) is 1. The molecular formula is C21H22F3N5O3. The molecule has 32 heavy (non-hydrogen) atoms. The van der Waals surface area contributed by atoms with Crippen LogP contribution in [-0.4, -0.2) is 70.7 Å². The lowest BCUT2D eigenvalue weighted by molar-refractivity contribution is -0.274. The first-order valence-electron chi connectivity index (χ1n) is 10.2. The lowest BCUT2D eigenvalue weighted by atomic mass is 9.81. The number of nitrogens with zero attached hydrogens (tertiary/aromatic N) is 4. The number of hydrogen-bond acceptors (Lipinski definition) is 7. The van der Waals surface area contributed by atoms with Gasteiger partial charge in [0.2, 0.25) is 0 Å². The van der Waals surface area contributed by atoms with Gasteiger partial charge in [0.1, 0.15) is 5.75 Å². The van der Waals surface area contributed by atoms with Gasteiger partial charge in [-0.2, -0.15) is 5.10 Å². The van der Waals surface area contributed by atoms with Crippen LogP contribution >= 0.6 is 0 Å². The molecule has 3 N–H and O–H groups in total. The van der Waals surface area contributed by atoms with Crippen LogP contribution in [0, 0.1) is 5.41 Å². The predicted molar refractivity (Wildman–Crippen MR) is 110 cm³/mol. The van der Waals surface area contributed by atoms with E-state index in [0.29, 0.717) is 24.4 Å². The molecule has 2 aliphatic heterocycles. The first-order valence-corrected chi connectivity index (χ1v) is 10.2. The number of rotatable bonds is 6. The quantitative estimate of drug-likeness (QED) is 0.528. The van der Waals surface area contributed by atoms with Gasteiger partial charge in [0.25, 0.3) is 0 Å². The van der Waals surface area contributed by atoms with Gasteiger partial charge in [-0.25, -0.2) is 9.67 Å². The van der Waals surface area contributed by atoms with E-state index in [0.717, 1.165) is 29.9 Å². The van der Waals surface area contributed by atoms with Crippen molar-refractivity contribution < 1.29 is 28.1 Å². The van der Waals surface area contributed by atoms with Gasteiger partial charge in [-0.3, -0.25) is 0 Å². The maximum absolute atomic E-state index is 12.5. The fraction of sp³-hybridized carbons (Fsp3) is 0.429. The number of benzene rings is 1. The van der Waals surface area contributed by atoms with Gasteiger partial charge in [-0.05, 0) is 30.3 Å². The van der Waals surface area contributed by atoms with Crippen LogP contribution in [0.3, 0.4) is 0 Å². The molecule has 8 nitrogen and oxygen atoms in total. The van der Waals surface area contributed by atoms with Crippen LogP contribution in [-0.2, 0) is 0 Å². The molecule has 11 heteroatoms. The van der Waals surface area contributed by atoms with E-state index in [2.05, 4.69) is 19.9 Å². The van der Waals surface area contributed by atoms with Crippen molar-refractivity contribution in [2.24, 2.45) is 5.41 Å². The number of aliphatic hydroxyl groups excluding tert-OH is 2. The molecule has 0 amide bonds. The van der Waals surface area contributed by atoms with Gasteiger partial charge < -0.3 is 25.2 Å². The summed E-state index contributed by atoms with van der Waals surface area (Å²) in [5, 5.41) is 28.2. The van der Waals surface area contributed by atoms with Crippen LogP contribution in [0.25, 0.3) is 16.7 Å². The van der Waals surface area contributed by atoms with Gasteiger partial charge in [0.15, 0.2) is 5.65 Å². The zero-order valence-electron chi connectivity index (χ0n) is 17.0. The summed E-state index contributed by atoms with van der Waals surface area (Å²) in [4.78, 5) is 6.60. The lowest BCUT2D eigenvalue weighted by Crippen LogP contribution is -2.60. The number of fused-ring (bicyclic) bond motifs is 1. The molecule has 0 aliphatic carbocycles. The number of aromatic nitrogens is 3. The molecule has 5 rings (SSSR count). The first-order chi connectivity index (χ1) is 15.3. The molecule has 4 heterocycles. The van der Waals surface area contributed by atoms with E-state index in [1.807, 2.05) is 6.07 Å². The number of aliphatic hydroxyl groups is 2. The Balaban J connectivity index is 1.55. The van der Waals surface area contributed by atoms with E-state index in [1.54, 1.807) is 10.9 Å². The summed E-state index contributed by atoms with van der Waals surface area (Å²) in [6.07, 6.45) is -3.09. The minimum atomic E-state index is -4.75. The van der Waals surface area contributed by atoms with E-state index in [4.69, 9.17) is 5.10 Å². The molecule has 0 atom stereocenters. The van der Waals surface area contributed by atoms with Gasteiger partial charge in [-0.15, -0.1) is 13.2 Å². The van der Waals surface area contributed by atoms with Gasteiger partial charge in [0, 0.05) is 38.3 Å². The number of hydrogen-bond donors (Lipinski definition) is 3. The number of nitrogens with one attached hydrogen (secondary N) is 1. The van der Waals surface area contributed by atoms with Crippen molar-refractivity contribution in [2.45, 2.75) is 12.3 Å². The highest BCUT2D eigenvalue weighted by Gasteiger charge is 2.43. The zero-order chi connectivity index (χ0) is 22.5. The highest BCUT2D eigenvalue weighted by molar-refractivity contribution is 5.94. The molecule has 0 unspecified atom stereocenters. The molecule has 2 aromatic heterocycles. The minimum Gasteiger partial charge on any atom is -0.406 e. The van der Waals surface area contributed by atoms with Crippen LogP contribution in [0.2, 0.25) is 0 Å². The Labute approximate surface area is 181 Å². The standard InChI is InChI=1S/C21H22F3N5O3/c22-21(23,24)32-15-3-1-14(2-4-15)29-19-17(18(27-29)13-7-25-8-13)16(5-6-26-19)28-9-20(10-28,11-30)12-31/h1-6,13,25,30-31H,7-12H2. The Bertz CT molecular complexity index is 1120. The van der Waals surface area contributed by atoms with Crippen molar-refractivity contribution in [3.63, 3.8) is 0 Å². The molecule has 0 saturated carbocycles. The normalized spacial score (nSPS) is 18.5. The highest BCUT2D eigenvalue weighted by Crippen LogP contribution is 2.40. The Hall–Kier alpha value is -2.89. The SMILES string of the molecule is OCC1(CO)CN(c2ccnc3c2c(C2CNC2)nn3-c2ccc(OC(F)(F)F)cc2)C1. The van der Waals surface area contributed by atoms with E-state index in [1.165, 1.54) is 24.3 Å². The average molecular weight is 449 g/mol. The number of pyridine rings is 1. The first kappa shape index (κ1) is 21.0. The molecule has 0 bridgehead atoms. The maximum Gasteiger partial charge on any atom is 0.573 e. The summed E-state index contributed by atoms with van der Waals surface area (Å²) in [7, 11) is 0. The second-order valence-corrected chi connectivity index (χ2v) is 8.39. The Morgan fingerprint density at radius 2 is 1.78 bits per heavy atom. The van der Waals surface area contributed by atoms with E-state index in [9.17, 15) is 23.4 Å². The van der Waals surface area contributed by atoms with Crippen LogP contribution in [0.15, 0.2) is 36.5 Å². The second kappa shape index (κ2) is 7.61. The largest absolute Gasteiger partial charge is 0.573 e. The van der Waals surface area contributed by atoms with Crippen molar-refractivity contribution in [3.8, 4) is 11.4 Å². The third-order valence-corrected chi connectivity index (χ3v) is 6.12. The Morgan fingerprint density at radius 3 is 2.34 bits per heavy atom. The molecule has 2 saturated heterocycles. The van der Waals surface area contributed by atoms with Crippen LogP contribution in [0.5, 0.6) is 5.75 Å². The lowest BCUT2D eigenvalue weighted by Gasteiger charge is -2.49. The molecule has 2 fully saturated rings. The second-order valence-electron chi connectivity index (χ2n) is 8.39. The van der Waals surface area contributed by atoms with Crippen LogP contribution < -0.4 is 15.0 Å². The molecule has 1 aromatic carbocycles. The third kappa shape index (κ3) is 3.55. The fourth-order valence-electron chi connectivity index (χ4n) is 4.24. The number of alkyl halides is 3. The average Bonchev–Trinajstić information content (AvgIpc) is 3.06. The van der Waals surface area contributed by atoms with E-state index >= 15 is 0 Å². The Kier molecular flexibility index (Phi) is 4.99. The third-order valence-electron chi connectivity index (χ3n) is 6.12. The summed E-state index contributed by atoms with van der Waals surface area (Å²) in [6.45, 7) is 2.37. The van der Waals surface area contributed by atoms with Gasteiger partial charge in [0.05, 0.1) is 41.1 Å². The number of halogens is 3. The maximum atomic E-state index is 12.5. The van der Waals surface area contributed by atoms with Crippen molar-refractivity contribution in [3.05, 3.63) is 42.2 Å². The smallest absolute Gasteiger partial charge is 0.406 e. The Morgan fingerprint density at radius 1 is 1.09 bits per heavy atom. The van der Waals surface area contributed by atoms with Crippen LogP contribution in [0.1, 0.15) is 11.6 Å². The molecular weight excluding hydrogens is 427 g/mol. The minimum absolute atomic E-state index is 0.0980. The molecule has 170 valence electrons. The molecule has 2 aliphatic rings. The van der Waals surface area contributed by atoms with Gasteiger partial charge >= 0.3 is 6.36 Å². The van der Waals surface area contributed by atoms with Crippen LogP contribution in [0.4, 0.5) is 18.9 Å². The highest BCUT2D eigenvalue weighted by atomic mass is 19.4. The summed E-state index contributed by atoms with van der Waals surface area (Å²) >= 11 is 0. The van der Waals surface area contributed by atoms with E-state index in [-0.39, 0.29) is 24.9 Å².